The number of urea groups is 1. The summed E-state index contributed by atoms with van der Waals surface area (Å²) < 4.78 is 0. The van der Waals surface area contributed by atoms with Crippen molar-refractivity contribution in [3.63, 3.8) is 0 Å². The van der Waals surface area contributed by atoms with Gasteiger partial charge in [-0.15, -0.1) is 5.92 Å². The Kier molecular flexibility index (Phi) is 7.86. The molecule has 2 N–H and O–H groups in total. The molecule has 3 heterocycles. The summed E-state index contributed by atoms with van der Waals surface area (Å²) in [5.74, 6) is 6.68. The molecule has 4 rings (SSSR count). The molecule has 3 fully saturated rings. The highest BCUT2D eigenvalue weighted by molar-refractivity contribution is 6.34. The second-order valence-corrected chi connectivity index (χ2v) is 9.06. The zero-order valence-corrected chi connectivity index (χ0v) is 19.5. The van der Waals surface area contributed by atoms with E-state index in [-0.39, 0.29) is 24.8 Å². The number of amides is 4. The van der Waals surface area contributed by atoms with Crippen LogP contribution in [0, 0.1) is 17.8 Å². The minimum atomic E-state index is -0.519. The molecule has 0 radical (unpaired) electrons. The molecule has 8 nitrogen and oxygen atoms in total. The zero-order valence-electron chi connectivity index (χ0n) is 18.7. The third-order valence-corrected chi connectivity index (χ3v) is 6.71. The van der Waals surface area contributed by atoms with Gasteiger partial charge in [-0.05, 0) is 31.0 Å². The van der Waals surface area contributed by atoms with Gasteiger partial charge < -0.3 is 10.2 Å². The van der Waals surface area contributed by atoms with E-state index >= 15 is 0 Å². The van der Waals surface area contributed by atoms with Gasteiger partial charge in [0.2, 0.25) is 5.91 Å². The first-order valence-electron chi connectivity index (χ1n) is 11.6. The maximum atomic E-state index is 13.1. The number of nitrogens with one attached hydrogen (secondary N) is 2. The molecule has 0 bridgehead atoms. The number of anilines is 1. The Bertz CT molecular complexity index is 959. The van der Waals surface area contributed by atoms with Gasteiger partial charge in [0, 0.05) is 76.7 Å². The molecule has 3 saturated heterocycles. The van der Waals surface area contributed by atoms with Crippen LogP contribution in [0.2, 0.25) is 5.02 Å². The molecule has 4 amide bonds. The highest BCUT2D eigenvalue weighted by Gasteiger charge is 2.28. The molecule has 0 spiro atoms. The van der Waals surface area contributed by atoms with Crippen molar-refractivity contribution >= 4 is 35.1 Å². The van der Waals surface area contributed by atoms with E-state index in [0.717, 1.165) is 52.0 Å². The van der Waals surface area contributed by atoms with Crippen molar-refractivity contribution in [2.45, 2.75) is 25.7 Å². The number of likely N-dealkylation sites (tertiary alicyclic amines) is 1. The molecule has 9 heteroatoms. The van der Waals surface area contributed by atoms with Crippen LogP contribution in [0.1, 0.15) is 36.0 Å². The van der Waals surface area contributed by atoms with E-state index < -0.39 is 6.03 Å². The second-order valence-electron chi connectivity index (χ2n) is 8.65. The minimum Gasteiger partial charge on any atom is -0.339 e. The highest BCUT2D eigenvalue weighted by Crippen LogP contribution is 2.29. The summed E-state index contributed by atoms with van der Waals surface area (Å²) in [5, 5.41) is 6.01. The molecule has 0 aliphatic carbocycles. The van der Waals surface area contributed by atoms with Crippen LogP contribution in [0.4, 0.5) is 10.5 Å². The fourth-order valence-corrected chi connectivity index (χ4v) is 4.64. The number of piperidine rings is 1. The normalized spacial score (nSPS) is 20.3. The number of hydrogen-bond acceptors (Lipinski definition) is 5. The molecular weight excluding hydrogens is 442 g/mol. The first-order chi connectivity index (χ1) is 16.0. The number of piperazine rings is 1. The molecule has 0 atom stereocenters. The number of imide groups is 1. The van der Waals surface area contributed by atoms with Crippen LogP contribution in [0.15, 0.2) is 18.2 Å². The third kappa shape index (κ3) is 6.05. The summed E-state index contributed by atoms with van der Waals surface area (Å²) in [6.07, 6.45) is 2.82. The number of hydrogen-bond donors (Lipinski definition) is 2. The maximum absolute atomic E-state index is 13.1. The first-order valence-corrected chi connectivity index (χ1v) is 12.0. The molecule has 1 aromatic rings. The summed E-state index contributed by atoms with van der Waals surface area (Å²) in [6.45, 7) is 6.87. The monoisotopic (exact) mass is 471 g/mol. The van der Waals surface area contributed by atoms with E-state index in [4.69, 9.17) is 11.6 Å². The summed E-state index contributed by atoms with van der Waals surface area (Å²) in [4.78, 5) is 42.4. The van der Waals surface area contributed by atoms with Crippen molar-refractivity contribution < 1.29 is 14.4 Å². The first kappa shape index (κ1) is 23.6. The SMILES string of the molecule is O=C1CCN(c2cc(C(=O)N3CCC(C#CCCN4CCNCC4)CC3)ccc2Cl)C(=O)N1. The topological polar surface area (TPSA) is 85.0 Å². The van der Waals surface area contributed by atoms with Crippen LogP contribution in [0.3, 0.4) is 0 Å². The fourth-order valence-electron chi connectivity index (χ4n) is 4.42. The Morgan fingerprint density at radius 2 is 1.85 bits per heavy atom. The van der Waals surface area contributed by atoms with Gasteiger partial charge in [-0.3, -0.25) is 24.7 Å². The van der Waals surface area contributed by atoms with Crippen molar-refractivity contribution in [2.75, 3.05) is 57.3 Å². The number of nitrogens with zero attached hydrogens (tertiary/aromatic N) is 3. The Morgan fingerprint density at radius 1 is 1.09 bits per heavy atom. The predicted octanol–water partition coefficient (Wildman–Crippen LogP) is 1.94. The molecule has 33 heavy (non-hydrogen) atoms. The quantitative estimate of drug-likeness (QED) is 0.655. The average Bonchev–Trinajstić information content (AvgIpc) is 2.83. The van der Waals surface area contributed by atoms with E-state index in [9.17, 15) is 14.4 Å². The van der Waals surface area contributed by atoms with Crippen molar-refractivity contribution in [2.24, 2.45) is 5.92 Å². The lowest BCUT2D eigenvalue weighted by molar-refractivity contribution is -0.120. The lowest BCUT2D eigenvalue weighted by Crippen LogP contribution is -2.49. The molecule has 0 saturated carbocycles. The highest BCUT2D eigenvalue weighted by atomic mass is 35.5. The van der Waals surface area contributed by atoms with Gasteiger partial charge in [-0.25, -0.2) is 4.79 Å². The summed E-state index contributed by atoms with van der Waals surface area (Å²) >= 11 is 6.30. The van der Waals surface area contributed by atoms with Gasteiger partial charge in [-0.1, -0.05) is 17.5 Å². The zero-order chi connectivity index (χ0) is 23.2. The Hall–Kier alpha value is -2.60. The van der Waals surface area contributed by atoms with Crippen molar-refractivity contribution in [3.8, 4) is 11.8 Å². The van der Waals surface area contributed by atoms with Gasteiger partial charge in [-0.2, -0.15) is 0 Å². The van der Waals surface area contributed by atoms with E-state index in [1.165, 1.54) is 4.90 Å². The number of benzene rings is 1. The molecule has 176 valence electrons. The second kappa shape index (κ2) is 11.0. The maximum Gasteiger partial charge on any atom is 0.328 e. The van der Waals surface area contributed by atoms with Crippen LogP contribution in [-0.2, 0) is 4.79 Å². The van der Waals surface area contributed by atoms with Crippen molar-refractivity contribution in [1.82, 2.24) is 20.4 Å². The van der Waals surface area contributed by atoms with Gasteiger partial charge in [0.15, 0.2) is 0 Å². The number of halogens is 1. The van der Waals surface area contributed by atoms with Crippen LogP contribution >= 0.6 is 11.6 Å². The smallest absolute Gasteiger partial charge is 0.328 e. The lowest BCUT2D eigenvalue weighted by atomic mass is 9.96. The molecule has 0 unspecified atom stereocenters. The van der Waals surface area contributed by atoms with Crippen LogP contribution in [-0.4, -0.2) is 80.0 Å². The van der Waals surface area contributed by atoms with E-state index in [1.54, 1.807) is 18.2 Å². The Labute approximate surface area is 199 Å². The van der Waals surface area contributed by atoms with Gasteiger partial charge >= 0.3 is 6.03 Å². The average molecular weight is 472 g/mol. The van der Waals surface area contributed by atoms with Crippen LogP contribution in [0.5, 0.6) is 0 Å². The Morgan fingerprint density at radius 3 is 2.58 bits per heavy atom. The predicted molar refractivity (Wildman–Crippen MR) is 127 cm³/mol. The summed E-state index contributed by atoms with van der Waals surface area (Å²) in [7, 11) is 0. The standard InChI is InChI=1S/C24H30ClN5O3/c25-20-5-4-19(17-21(20)30-14-8-22(31)27-24(30)33)23(32)29-12-6-18(7-13-29)3-1-2-11-28-15-9-26-10-16-28/h4-5,17-18,26H,2,6-16H2,(H,27,31,33). The number of rotatable bonds is 4. The molecule has 1 aromatic carbocycles. The van der Waals surface area contributed by atoms with E-state index in [1.807, 2.05) is 4.90 Å². The molecule has 0 aromatic heterocycles. The van der Waals surface area contributed by atoms with Crippen molar-refractivity contribution in [3.05, 3.63) is 28.8 Å². The lowest BCUT2D eigenvalue weighted by Gasteiger charge is -2.31. The molecule has 3 aliphatic heterocycles. The fraction of sp³-hybridized carbons (Fsp3) is 0.542. The van der Waals surface area contributed by atoms with Crippen molar-refractivity contribution in [1.29, 1.82) is 0 Å². The van der Waals surface area contributed by atoms with E-state index in [0.29, 0.717) is 35.3 Å². The summed E-state index contributed by atoms with van der Waals surface area (Å²) in [6, 6.07) is 4.43. The summed E-state index contributed by atoms with van der Waals surface area (Å²) in [5.41, 5.74) is 0.928. The number of carbonyl (C=O) groups excluding carboxylic acids is 3. The van der Waals surface area contributed by atoms with Crippen LogP contribution < -0.4 is 15.5 Å². The Balaban J connectivity index is 1.30. The van der Waals surface area contributed by atoms with Gasteiger partial charge in [0.1, 0.15) is 0 Å². The van der Waals surface area contributed by atoms with Crippen LogP contribution in [0.25, 0.3) is 0 Å². The number of carbonyl (C=O) groups is 3. The van der Waals surface area contributed by atoms with Gasteiger partial charge in [0.25, 0.3) is 5.91 Å². The van der Waals surface area contributed by atoms with E-state index in [2.05, 4.69) is 27.4 Å². The van der Waals surface area contributed by atoms with Gasteiger partial charge in [0.05, 0.1) is 10.7 Å². The molecular formula is C24H30ClN5O3. The minimum absolute atomic E-state index is 0.0773. The molecule has 3 aliphatic rings. The largest absolute Gasteiger partial charge is 0.339 e. The third-order valence-electron chi connectivity index (χ3n) is 6.39.